The minimum atomic E-state index is 0.0436. The summed E-state index contributed by atoms with van der Waals surface area (Å²) in [5.74, 6) is 2.33. The highest BCUT2D eigenvalue weighted by atomic mass is 16.7. The second-order valence-electron chi connectivity index (χ2n) is 6.16. The normalized spacial score (nSPS) is 13.4. The smallest absolute Gasteiger partial charge is 0.231 e. The first kappa shape index (κ1) is 14.7. The van der Waals surface area contributed by atoms with E-state index < -0.39 is 0 Å². The first-order valence-electron chi connectivity index (χ1n) is 6.80. The third-order valence-corrected chi connectivity index (χ3v) is 2.84. The van der Waals surface area contributed by atoms with E-state index in [-0.39, 0.29) is 12.3 Å². The average molecular weight is 277 g/mol. The van der Waals surface area contributed by atoms with Gasteiger partial charge in [0.2, 0.25) is 6.79 Å². The maximum atomic E-state index is 5.81. The minimum absolute atomic E-state index is 0.0436. The molecule has 0 radical (unpaired) electrons. The second kappa shape index (κ2) is 5.75. The molecule has 1 aliphatic heterocycles. The Labute approximate surface area is 120 Å². The predicted octanol–water partition coefficient (Wildman–Crippen LogP) is 3.26. The largest absolute Gasteiger partial charge is 0.489 e. The fourth-order valence-electron chi connectivity index (χ4n) is 1.80. The van der Waals surface area contributed by atoms with Gasteiger partial charge in [-0.1, -0.05) is 6.58 Å². The molecule has 2 rings (SSSR count). The summed E-state index contributed by atoms with van der Waals surface area (Å²) in [7, 11) is 0. The predicted molar refractivity (Wildman–Crippen MR) is 79.5 cm³/mol. The Kier molecular flexibility index (Phi) is 4.23. The zero-order valence-corrected chi connectivity index (χ0v) is 12.7. The van der Waals surface area contributed by atoms with Crippen LogP contribution in [0.25, 0.3) is 0 Å². The van der Waals surface area contributed by atoms with Gasteiger partial charge in [0.15, 0.2) is 11.5 Å². The van der Waals surface area contributed by atoms with Gasteiger partial charge in [-0.3, -0.25) is 0 Å². The lowest BCUT2D eigenvalue weighted by atomic mass is 10.1. The van der Waals surface area contributed by atoms with Crippen LogP contribution >= 0.6 is 0 Å². The van der Waals surface area contributed by atoms with Gasteiger partial charge in [0.1, 0.15) is 12.4 Å². The quantitative estimate of drug-likeness (QED) is 0.839. The van der Waals surface area contributed by atoms with Gasteiger partial charge in [-0.05, 0) is 39.3 Å². The van der Waals surface area contributed by atoms with Crippen LogP contribution in [0.15, 0.2) is 24.3 Å². The summed E-state index contributed by atoms with van der Waals surface area (Å²) in [6.07, 6.45) is 0. The molecule has 0 unspecified atom stereocenters. The van der Waals surface area contributed by atoms with Crippen LogP contribution in [-0.2, 0) is 6.54 Å². The molecule has 4 heteroatoms. The number of nitrogens with one attached hydrogen (secondary N) is 1. The summed E-state index contributed by atoms with van der Waals surface area (Å²) < 4.78 is 16.6. The molecule has 0 atom stereocenters. The first-order valence-corrected chi connectivity index (χ1v) is 6.80. The Balaban J connectivity index is 2.20. The molecule has 0 bridgehead atoms. The van der Waals surface area contributed by atoms with Gasteiger partial charge in [0.05, 0.1) is 0 Å². The van der Waals surface area contributed by atoms with Gasteiger partial charge in [-0.25, -0.2) is 0 Å². The number of ether oxygens (including phenoxy) is 3. The first-order chi connectivity index (χ1) is 9.35. The van der Waals surface area contributed by atoms with E-state index in [2.05, 4.69) is 32.7 Å². The highest BCUT2D eigenvalue weighted by Crippen LogP contribution is 2.38. The number of fused-ring (bicyclic) bond motifs is 1. The maximum absolute atomic E-state index is 5.81. The molecule has 1 heterocycles. The van der Waals surface area contributed by atoms with Gasteiger partial charge in [0.25, 0.3) is 0 Å². The molecule has 20 heavy (non-hydrogen) atoms. The molecule has 1 N–H and O–H groups in total. The monoisotopic (exact) mass is 277 g/mol. The third-order valence-electron chi connectivity index (χ3n) is 2.84. The Morgan fingerprint density at radius 1 is 1.30 bits per heavy atom. The third kappa shape index (κ3) is 3.90. The van der Waals surface area contributed by atoms with Crippen molar-refractivity contribution in [3.63, 3.8) is 0 Å². The molecule has 0 amide bonds. The minimum Gasteiger partial charge on any atom is -0.489 e. The van der Waals surface area contributed by atoms with Crippen LogP contribution in [0.4, 0.5) is 0 Å². The SMILES string of the molecule is C=C(C)COc1cc2c(cc1CNC(C)(C)C)OCO2. The van der Waals surface area contributed by atoms with E-state index in [4.69, 9.17) is 14.2 Å². The van der Waals surface area contributed by atoms with Gasteiger partial charge in [-0.15, -0.1) is 0 Å². The fraction of sp³-hybridized carbons (Fsp3) is 0.500. The van der Waals surface area contributed by atoms with E-state index in [0.29, 0.717) is 13.2 Å². The highest BCUT2D eigenvalue weighted by Gasteiger charge is 2.19. The summed E-state index contributed by atoms with van der Waals surface area (Å²) in [5.41, 5.74) is 2.09. The molecular weight excluding hydrogens is 254 g/mol. The van der Waals surface area contributed by atoms with Crippen LogP contribution in [0.3, 0.4) is 0 Å². The number of hydrogen-bond acceptors (Lipinski definition) is 4. The summed E-state index contributed by atoms with van der Waals surface area (Å²) in [4.78, 5) is 0. The van der Waals surface area contributed by atoms with E-state index in [9.17, 15) is 0 Å². The summed E-state index contributed by atoms with van der Waals surface area (Å²) in [5, 5.41) is 3.46. The standard InChI is InChI=1S/C16H23NO3/c1-11(2)9-18-13-7-15-14(19-10-20-15)6-12(13)8-17-16(3,4)5/h6-7,17H,1,8-10H2,2-5H3. The summed E-state index contributed by atoms with van der Waals surface area (Å²) >= 11 is 0. The Bertz CT molecular complexity index is 503. The van der Waals surface area contributed by atoms with Crippen LogP contribution < -0.4 is 19.5 Å². The van der Waals surface area contributed by atoms with E-state index in [1.807, 2.05) is 19.1 Å². The molecule has 0 aromatic heterocycles. The molecule has 0 saturated carbocycles. The number of benzene rings is 1. The zero-order valence-electron chi connectivity index (χ0n) is 12.7. The van der Waals surface area contributed by atoms with Crippen molar-refractivity contribution < 1.29 is 14.2 Å². The second-order valence-corrected chi connectivity index (χ2v) is 6.16. The lowest BCUT2D eigenvalue weighted by molar-refractivity contribution is 0.173. The summed E-state index contributed by atoms with van der Waals surface area (Å²) in [6.45, 7) is 13.7. The van der Waals surface area contributed by atoms with E-state index in [1.165, 1.54) is 0 Å². The van der Waals surface area contributed by atoms with Crippen molar-refractivity contribution >= 4 is 0 Å². The molecule has 0 aliphatic carbocycles. The molecule has 1 aromatic rings. The van der Waals surface area contributed by atoms with Crippen LogP contribution in [0.1, 0.15) is 33.3 Å². The van der Waals surface area contributed by atoms with E-state index >= 15 is 0 Å². The summed E-state index contributed by atoms with van der Waals surface area (Å²) in [6, 6.07) is 3.87. The molecule has 0 saturated heterocycles. The van der Waals surface area contributed by atoms with Gasteiger partial charge >= 0.3 is 0 Å². The van der Waals surface area contributed by atoms with Crippen LogP contribution in [-0.4, -0.2) is 18.9 Å². The van der Waals surface area contributed by atoms with Crippen molar-refractivity contribution in [2.75, 3.05) is 13.4 Å². The number of rotatable bonds is 5. The molecule has 1 aliphatic rings. The van der Waals surface area contributed by atoms with E-state index in [0.717, 1.165) is 28.4 Å². The zero-order chi connectivity index (χ0) is 14.8. The van der Waals surface area contributed by atoms with Crippen molar-refractivity contribution in [2.45, 2.75) is 39.8 Å². The van der Waals surface area contributed by atoms with Crippen molar-refractivity contribution in [1.82, 2.24) is 5.32 Å². The molecule has 1 aromatic carbocycles. The van der Waals surface area contributed by atoms with Crippen LogP contribution in [0.2, 0.25) is 0 Å². The van der Waals surface area contributed by atoms with Crippen molar-refractivity contribution in [2.24, 2.45) is 0 Å². The molecule has 0 fully saturated rings. The van der Waals surface area contributed by atoms with Gasteiger partial charge in [-0.2, -0.15) is 0 Å². The van der Waals surface area contributed by atoms with Crippen molar-refractivity contribution in [1.29, 1.82) is 0 Å². The average Bonchev–Trinajstić information content (AvgIpc) is 2.79. The molecule has 110 valence electrons. The number of hydrogen-bond donors (Lipinski definition) is 1. The lowest BCUT2D eigenvalue weighted by Gasteiger charge is -2.22. The van der Waals surface area contributed by atoms with Crippen LogP contribution in [0, 0.1) is 0 Å². The lowest BCUT2D eigenvalue weighted by Crippen LogP contribution is -2.35. The van der Waals surface area contributed by atoms with Gasteiger partial charge in [0, 0.05) is 23.7 Å². The van der Waals surface area contributed by atoms with E-state index in [1.54, 1.807) is 0 Å². The fourth-order valence-corrected chi connectivity index (χ4v) is 1.80. The van der Waals surface area contributed by atoms with Crippen molar-refractivity contribution in [3.05, 3.63) is 29.8 Å². The van der Waals surface area contributed by atoms with Gasteiger partial charge < -0.3 is 19.5 Å². The molecule has 4 nitrogen and oxygen atoms in total. The highest BCUT2D eigenvalue weighted by molar-refractivity contribution is 5.52. The molecular formula is C16H23NO3. The molecule has 0 spiro atoms. The Morgan fingerprint density at radius 2 is 1.95 bits per heavy atom. The Morgan fingerprint density at radius 3 is 2.55 bits per heavy atom. The topological polar surface area (TPSA) is 39.7 Å². The van der Waals surface area contributed by atoms with Crippen LogP contribution in [0.5, 0.6) is 17.2 Å². The van der Waals surface area contributed by atoms with Crippen molar-refractivity contribution in [3.8, 4) is 17.2 Å². The maximum Gasteiger partial charge on any atom is 0.231 e. The Hall–Kier alpha value is -1.68.